The van der Waals surface area contributed by atoms with Gasteiger partial charge in [-0.1, -0.05) is 0 Å². The summed E-state index contributed by atoms with van der Waals surface area (Å²) in [6.07, 6.45) is 3.56. The van der Waals surface area contributed by atoms with Gasteiger partial charge in [0.1, 0.15) is 5.82 Å². The Labute approximate surface area is 94.8 Å². The van der Waals surface area contributed by atoms with Gasteiger partial charge < -0.3 is 15.8 Å². The summed E-state index contributed by atoms with van der Waals surface area (Å²) in [4.78, 5) is 0. The number of benzene rings is 1. The number of halogens is 1. The summed E-state index contributed by atoms with van der Waals surface area (Å²) in [5.74, 6) is -0.270. The molecule has 1 aliphatic heterocycles. The number of hydrogen-bond donors (Lipinski definition) is 2. The summed E-state index contributed by atoms with van der Waals surface area (Å²) in [5.41, 5.74) is 6.97. The van der Waals surface area contributed by atoms with Crippen LogP contribution >= 0.6 is 0 Å². The minimum absolute atomic E-state index is 0.270. The molecule has 1 aromatic rings. The van der Waals surface area contributed by atoms with Crippen molar-refractivity contribution < 1.29 is 9.13 Å². The number of nitrogens with one attached hydrogen (secondary N) is 1. The number of nitrogen functional groups attached to an aromatic ring is 1. The van der Waals surface area contributed by atoms with Crippen LogP contribution in [-0.2, 0) is 4.74 Å². The molecule has 1 atom stereocenters. The van der Waals surface area contributed by atoms with Crippen LogP contribution in [0.4, 0.5) is 15.8 Å². The number of hydrogen-bond acceptors (Lipinski definition) is 3. The van der Waals surface area contributed by atoms with E-state index in [1.165, 1.54) is 12.1 Å². The molecule has 3 N–H and O–H groups in total. The summed E-state index contributed by atoms with van der Waals surface area (Å²) >= 11 is 0. The molecule has 0 bridgehead atoms. The molecule has 88 valence electrons. The van der Waals surface area contributed by atoms with Crippen LogP contribution < -0.4 is 11.1 Å². The van der Waals surface area contributed by atoms with Crippen LogP contribution in [0.3, 0.4) is 0 Å². The lowest BCUT2D eigenvalue weighted by Crippen LogP contribution is -2.13. The van der Waals surface area contributed by atoms with Crippen molar-refractivity contribution in [2.24, 2.45) is 0 Å². The van der Waals surface area contributed by atoms with Crippen LogP contribution in [0.25, 0.3) is 0 Å². The largest absolute Gasteiger partial charge is 0.397 e. The monoisotopic (exact) mass is 224 g/mol. The van der Waals surface area contributed by atoms with Crippen LogP contribution in [0.5, 0.6) is 0 Å². The molecule has 4 heteroatoms. The smallest absolute Gasteiger partial charge is 0.125 e. The van der Waals surface area contributed by atoms with E-state index in [2.05, 4.69) is 5.32 Å². The zero-order chi connectivity index (χ0) is 11.4. The van der Waals surface area contributed by atoms with Crippen molar-refractivity contribution in [1.29, 1.82) is 0 Å². The molecule has 1 heterocycles. The standard InChI is InChI=1S/C12H17FN2O/c13-9-3-4-11(14)12(8-9)15-6-5-10-2-1-7-16-10/h3-4,8,10,15H,1-2,5-7,14H2. The van der Waals surface area contributed by atoms with E-state index in [9.17, 15) is 4.39 Å². The molecule has 1 fully saturated rings. The molecule has 3 nitrogen and oxygen atoms in total. The van der Waals surface area contributed by atoms with Crippen LogP contribution in [0.1, 0.15) is 19.3 Å². The highest BCUT2D eigenvalue weighted by atomic mass is 19.1. The van der Waals surface area contributed by atoms with Gasteiger partial charge in [0, 0.05) is 13.2 Å². The lowest BCUT2D eigenvalue weighted by atomic mass is 10.2. The molecule has 1 saturated heterocycles. The van der Waals surface area contributed by atoms with Gasteiger partial charge in [-0.15, -0.1) is 0 Å². The first-order valence-corrected chi connectivity index (χ1v) is 5.66. The van der Waals surface area contributed by atoms with E-state index in [-0.39, 0.29) is 5.82 Å². The predicted octanol–water partition coefficient (Wildman–Crippen LogP) is 2.39. The van der Waals surface area contributed by atoms with Crippen molar-refractivity contribution in [2.75, 3.05) is 24.2 Å². The Balaban J connectivity index is 1.82. The van der Waals surface area contributed by atoms with E-state index in [1.807, 2.05) is 0 Å². The topological polar surface area (TPSA) is 47.3 Å². The average Bonchev–Trinajstić information content (AvgIpc) is 2.76. The summed E-state index contributed by atoms with van der Waals surface area (Å²) in [6.45, 7) is 1.63. The summed E-state index contributed by atoms with van der Waals surface area (Å²) in [7, 11) is 0. The van der Waals surface area contributed by atoms with Gasteiger partial charge in [0.2, 0.25) is 0 Å². The van der Waals surface area contributed by atoms with Gasteiger partial charge >= 0.3 is 0 Å². The number of anilines is 2. The summed E-state index contributed by atoms with van der Waals surface area (Å²) in [5, 5.41) is 3.14. The van der Waals surface area contributed by atoms with E-state index >= 15 is 0 Å². The van der Waals surface area contributed by atoms with Gasteiger partial charge in [0.05, 0.1) is 17.5 Å². The van der Waals surface area contributed by atoms with Gasteiger partial charge in [0.25, 0.3) is 0 Å². The second-order valence-electron chi connectivity index (χ2n) is 4.08. The minimum Gasteiger partial charge on any atom is -0.397 e. The van der Waals surface area contributed by atoms with Gasteiger partial charge in [-0.05, 0) is 37.5 Å². The zero-order valence-corrected chi connectivity index (χ0v) is 9.21. The molecule has 1 aliphatic rings. The first-order chi connectivity index (χ1) is 7.75. The zero-order valence-electron chi connectivity index (χ0n) is 9.21. The Morgan fingerprint density at radius 3 is 3.12 bits per heavy atom. The molecule has 16 heavy (non-hydrogen) atoms. The minimum atomic E-state index is -0.270. The van der Waals surface area contributed by atoms with E-state index in [4.69, 9.17) is 10.5 Å². The molecule has 0 aliphatic carbocycles. The van der Waals surface area contributed by atoms with E-state index in [0.29, 0.717) is 17.5 Å². The van der Waals surface area contributed by atoms with Gasteiger partial charge in [-0.25, -0.2) is 4.39 Å². The Bertz CT molecular complexity index is 351. The average molecular weight is 224 g/mol. The van der Waals surface area contributed by atoms with Crippen molar-refractivity contribution >= 4 is 11.4 Å². The fourth-order valence-corrected chi connectivity index (χ4v) is 1.92. The first kappa shape index (κ1) is 11.2. The van der Waals surface area contributed by atoms with Crippen molar-refractivity contribution in [1.82, 2.24) is 0 Å². The van der Waals surface area contributed by atoms with Crippen LogP contribution in [0.2, 0.25) is 0 Å². The summed E-state index contributed by atoms with van der Waals surface area (Å²) < 4.78 is 18.5. The predicted molar refractivity (Wildman–Crippen MR) is 62.9 cm³/mol. The molecular weight excluding hydrogens is 207 g/mol. The molecule has 0 aromatic heterocycles. The Hall–Kier alpha value is -1.29. The second kappa shape index (κ2) is 5.16. The van der Waals surface area contributed by atoms with Crippen molar-refractivity contribution in [2.45, 2.75) is 25.4 Å². The third-order valence-corrected chi connectivity index (χ3v) is 2.82. The molecule has 2 rings (SSSR count). The third-order valence-electron chi connectivity index (χ3n) is 2.82. The first-order valence-electron chi connectivity index (χ1n) is 5.66. The molecule has 0 spiro atoms. The van der Waals surface area contributed by atoms with Crippen molar-refractivity contribution in [3.8, 4) is 0 Å². The van der Waals surface area contributed by atoms with Gasteiger partial charge in [0.15, 0.2) is 0 Å². The highest BCUT2D eigenvalue weighted by molar-refractivity contribution is 5.65. The Morgan fingerprint density at radius 2 is 2.38 bits per heavy atom. The van der Waals surface area contributed by atoms with Crippen LogP contribution in [0, 0.1) is 5.82 Å². The van der Waals surface area contributed by atoms with E-state index in [1.54, 1.807) is 6.07 Å². The maximum absolute atomic E-state index is 13.0. The Kier molecular flexibility index (Phi) is 3.62. The molecule has 1 aromatic carbocycles. The normalized spacial score (nSPS) is 19.9. The van der Waals surface area contributed by atoms with Crippen molar-refractivity contribution in [3.63, 3.8) is 0 Å². The summed E-state index contributed by atoms with van der Waals surface area (Å²) in [6, 6.07) is 4.36. The SMILES string of the molecule is Nc1ccc(F)cc1NCCC1CCCO1. The fraction of sp³-hybridized carbons (Fsp3) is 0.500. The Morgan fingerprint density at radius 1 is 1.50 bits per heavy atom. The third kappa shape index (κ3) is 2.85. The van der Waals surface area contributed by atoms with E-state index in [0.717, 1.165) is 32.4 Å². The molecule has 0 radical (unpaired) electrons. The number of ether oxygens (including phenoxy) is 1. The van der Waals surface area contributed by atoms with Gasteiger partial charge in [-0.2, -0.15) is 0 Å². The van der Waals surface area contributed by atoms with Crippen LogP contribution in [-0.4, -0.2) is 19.3 Å². The molecule has 0 saturated carbocycles. The second-order valence-corrected chi connectivity index (χ2v) is 4.08. The maximum atomic E-state index is 13.0. The fourth-order valence-electron chi connectivity index (χ4n) is 1.92. The molecule has 1 unspecified atom stereocenters. The van der Waals surface area contributed by atoms with E-state index < -0.39 is 0 Å². The highest BCUT2D eigenvalue weighted by Gasteiger charge is 2.14. The lowest BCUT2D eigenvalue weighted by Gasteiger charge is -2.12. The van der Waals surface area contributed by atoms with Gasteiger partial charge in [-0.3, -0.25) is 0 Å². The van der Waals surface area contributed by atoms with Crippen molar-refractivity contribution in [3.05, 3.63) is 24.0 Å². The molecular formula is C12H17FN2O. The maximum Gasteiger partial charge on any atom is 0.125 e. The molecule has 0 amide bonds. The lowest BCUT2D eigenvalue weighted by molar-refractivity contribution is 0.107. The quantitative estimate of drug-likeness (QED) is 0.772. The number of nitrogens with two attached hydrogens (primary N) is 1. The number of rotatable bonds is 4. The van der Waals surface area contributed by atoms with Crippen LogP contribution in [0.15, 0.2) is 18.2 Å². The highest BCUT2D eigenvalue weighted by Crippen LogP contribution is 2.20.